The standard InChI is InChI=1S/C20H25N7O2/c1-14-19(24-25-23-14)20(29)26-9-6-15(7-10-26)12-21-18(28)8-11-27-13-22-16-4-2-3-5-17(16)27/h2-5,13,15H,6-12H2,1H3,(H,21,28)(H,23,24,25). The zero-order valence-electron chi connectivity index (χ0n) is 16.5. The van der Waals surface area contributed by atoms with Crippen molar-refractivity contribution in [1.82, 2.24) is 35.2 Å². The van der Waals surface area contributed by atoms with Gasteiger partial charge in [0.15, 0.2) is 5.69 Å². The van der Waals surface area contributed by atoms with Crippen molar-refractivity contribution in [2.45, 2.75) is 32.7 Å². The van der Waals surface area contributed by atoms with Crippen LogP contribution in [-0.2, 0) is 11.3 Å². The van der Waals surface area contributed by atoms with E-state index in [1.54, 1.807) is 13.3 Å². The monoisotopic (exact) mass is 395 g/mol. The molecule has 1 aliphatic rings. The first-order valence-electron chi connectivity index (χ1n) is 9.95. The SMILES string of the molecule is Cc1n[nH]nc1C(=O)N1CCC(CNC(=O)CCn2cnc3ccccc32)CC1. The van der Waals surface area contributed by atoms with E-state index in [0.717, 1.165) is 23.9 Å². The minimum Gasteiger partial charge on any atom is -0.356 e. The van der Waals surface area contributed by atoms with Crippen LogP contribution in [0.2, 0.25) is 0 Å². The number of aromatic amines is 1. The van der Waals surface area contributed by atoms with Gasteiger partial charge in [-0.2, -0.15) is 15.4 Å². The molecule has 3 heterocycles. The Morgan fingerprint density at radius 3 is 2.76 bits per heavy atom. The molecule has 2 aromatic heterocycles. The second kappa shape index (κ2) is 8.42. The lowest BCUT2D eigenvalue weighted by Gasteiger charge is -2.31. The molecular formula is C20H25N7O2. The topological polar surface area (TPSA) is 109 Å². The number of rotatable bonds is 6. The molecule has 0 atom stereocenters. The van der Waals surface area contributed by atoms with Crippen LogP contribution in [0.4, 0.5) is 0 Å². The van der Waals surface area contributed by atoms with E-state index < -0.39 is 0 Å². The number of piperidine rings is 1. The van der Waals surface area contributed by atoms with E-state index in [1.807, 2.05) is 33.7 Å². The molecule has 1 fully saturated rings. The van der Waals surface area contributed by atoms with Gasteiger partial charge in [-0.25, -0.2) is 4.98 Å². The zero-order valence-corrected chi connectivity index (χ0v) is 16.5. The van der Waals surface area contributed by atoms with Crippen LogP contribution in [0.5, 0.6) is 0 Å². The van der Waals surface area contributed by atoms with Crippen LogP contribution in [0.25, 0.3) is 11.0 Å². The predicted octanol–water partition coefficient (Wildman–Crippen LogP) is 1.52. The minimum atomic E-state index is -0.0775. The Balaban J connectivity index is 1.20. The van der Waals surface area contributed by atoms with Crippen LogP contribution in [0.3, 0.4) is 0 Å². The predicted molar refractivity (Wildman–Crippen MR) is 107 cm³/mol. The van der Waals surface area contributed by atoms with Crippen molar-refractivity contribution >= 4 is 22.8 Å². The fourth-order valence-corrected chi connectivity index (χ4v) is 3.73. The van der Waals surface area contributed by atoms with E-state index in [1.165, 1.54) is 0 Å². The fraction of sp³-hybridized carbons (Fsp3) is 0.450. The lowest BCUT2D eigenvalue weighted by Crippen LogP contribution is -2.42. The van der Waals surface area contributed by atoms with Crippen LogP contribution in [0.15, 0.2) is 30.6 Å². The molecule has 9 nitrogen and oxygen atoms in total. The highest BCUT2D eigenvalue weighted by molar-refractivity contribution is 5.93. The number of hydrogen-bond acceptors (Lipinski definition) is 5. The molecule has 3 aromatic rings. The summed E-state index contributed by atoms with van der Waals surface area (Å²) in [5.74, 6) is 0.348. The molecule has 2 amide bonds. The summed E-state index contributed by atoms with van der Waals surface area (Å²) in [5, 5.41) is 13.4. The summed E-state index contributed by atoms with van der Waals surface area (Å²) in [6.07, 6.45) is 3.94. The minimum absolute atomic E-state index is 0.0412. The Bertz CT molecular complexity index is 1000. The largest absolute Gasteiger partial charge is 0.356 e. The molecule has 1 aliphatic heterocycles. The molecule has 0 radical (unpaired) electrons. The number of carbonyl (C=O) groups excluding carboxylic acids is 2. The van der Waals surface area contributed by atoms with Crippen molar-refractivity contribution in [1.29, 1.82) is 0 Å². The van der Waals surface area contributed by atoms with Crippen LogP contribution < -0.4 is 5.32 Å². The van der Waals surface area contributed by atoms with Crippen molar-refractivity contribution in [3.05, 3.63) is 42.0 Å². The third-order valence-corrected chi connectivity index (χ3v) is 5.52. The normalized spacial score (nSPS) is 15.0. The Hall–Kier alpha value is -3.23. The number of likely N-dealkylation sites (tertiary alicyclic amines) is 1. The number of aryl methyl sites for hydroxylation is 2. The molecule has 0 spiro atoms. The molecule has 9 heteroatoms. The van der Waals surface area contributed by atoms with Gasteiger partial charge in [0.05, 0.1) is 23.1 Å². The maximum absolute atomic E-state index is 12.5. The van der Waals surface area contributed by atoms with Crippen molar-refractivity contribution < 1.29 is 9.59 Å². The van der Waals surface area contributed by atoms with E-state index in [2.05, 4.69) is 25.7 Å². The number of amides is 2. The molecular weight excluding hydrogens is 370 g/mol. The molecule has 0 saturated carbocycles. The second-order valence-electron chi connectivity index (χ2n) is 7.47. The van der Waals surface area contributed by atoms with E-state index >= 15 is 0 Å². The Kier molecular flexibility index (Phi) is 5.55. The van der Waals surface area contributed by atoms with Crippen molar-refractivity contribution in [3.63, 3.8) is 0 Å². The first-order valence-corrected chi connectivity index (χ1v) is 9.95. The van der Waals surface area contributed by atoms with Gasteiger partial charge in [-0.1, -0.05) is 12.1 Å². The molecule has 0 aliphatic carbocycles. The lowest BCUT2D eigenvalue weighted by atomic mass is 9.96. The summed E-state index contributed by atoms with van der Waals surface area (Å²) in [7, 11) is 0. The average molecular weight is 395 g/mol. The van der Waals surface area contributed by atoms with Crippen molar-refractivity contribution in [2.24, 2.45) is 5.92 Å². The molecule has 2 N–H and O–H groups in total. The molecule has 152 valence electrons. The summed E-state index contributed by atoms with van der Waals surface area (Å²) >= 11 is 0. The van der Waals surface area contributed by atoms with Gasteiger partial charge in [0.1, 0.15) is 0 Å². The molecule has 29 heavy (non-hydrogen) atoms. The summed E-state index contributed by atoms with van der Waals surface area (Å²) in [4.78, 5) is 30.9. The van der Waals surface area contributed by atoms with Gasteiger partial charge in [0, 0.05) is 32.6 Å². The molecule has 1 aromatic carbocycles. The van der Waals surface area contributed by atoms with Crippen LogP contribution >= 0.6 is 0 Å². The van der Waals surface area contributed by atoms with Crippen LogP contribution in [0.1, 0.15) is 35.4 Å². The number of nitrogens with one attached hydrogen (secondary N) is 2. The van der Waals surface area contributed by atoms with Gasteiger partial charge in [-0.05, 0) is 37.8 Å². The summed E-state index contributed by atoms with van der Waals surface area (Å²) < 4.78 is 2.00. The van der Waals surface area contributed by atoms with Crippen LogP contribution in [0, 0.1) is 12.8 Å². The fourth-order valence-electron chi connectivity index (χ4n) is 3.73. The third kappa shape index (κ3) is 4.28. The average Bonchev–Trinajstić information content (AvgIpc) is 3.36. The van der Waals surface area contributed by atoms with Crippen molar-refractivity contribution in [3.8, 4) is 0 Å². The smallest absolute Gasteiger partial charge is 0.276 e. The highest BCUT2D eigenvalue weighted by atomic mass is 16.2. The molecule has 0 bridgehead atoms. The highest BCUT2D eigenvalue weighted by Crippen LogP contribution is 2.18. The van der Waals surface area contributed by atoms with E-state index in [4.69, 9.17) is 0 Å². The number of hydrogen-bond donors (Lipinski definition) is 2. The van der Waals surface area contributed by atoms with Gasteiger partial charge >= 0.3 is 0 Å². The number of nitrogens with zero attached hydrogens (tertiary/aromatic N) is 5. The van der Waals surface area contributed by atoms with E-state index in [0.29, 0.717) is 49.9 Å². The van der Waals surface area contributed by atoms with Gasteiger partial charge in [0.2, 0.25) is 5.91 Å². The third-order valence-electron chi connectivity index (χ3n) is 5.52. The second-order valence-corrected chi connectivity index (χ2v) is 7.47. The molecule has 4 rings (SSSR count). The Morgan fingerprint density at radius 2 is 2.00 bits per heavy atom. The van der Waals surface area contributed by atoms with E-state index in [9.17, 15) is 9.59 Å². The maximum Gasteiger partial charge on any atom is 0.276 e. The zero-order chi connectivity index (χ0) is 20.2. The molecule has 0 unspecified atom stereocenters. The summed E-state index contributed by atoms with van der Waals surface area (Å²) in [5.41, 5.74) is 2.99. The van der Waals surface area contributed by atoms with Crippen LogP contribution in [-0.4, -0.2) is 61.3 Å². The number of H-pyrrole nitrogens is 1. The maximum atomic E-state index is 12.5. The number of para-hydroxylation sites is 2. The summed E-state index contributed by atoms with van der Waals surface area (Å²) in [6.45, 7) is 4.37. The first kappa shape index (κ1) is 19.1. The quantitative estimate of drug-likeness (QED) is 0.658. The Morgan fingerprint density at radius 1 is 1.21 bits per heavy atom. The number of imidazole rings is 1. The summed E-state index contributed by atoms with van der Waals surface area (Å²) in [6, 6.07) is 7.91. The van der Waals surface area contributed by atoms with E-state index in [-0.39, 0.29) is 11.8 Å². The first-order chi connectivity index (χ1) is 14.1. The lowest BCUT2D eigenvalue weighted by molar-refractivity contribution is -0.121. The highest BCUT2D eigenvalue weighted by Gasteiger charge is 2.26. The van der Waals surface area contributed by atoms with Gasteiger partial charge in [0.25, 0.3) is 5.91 Å². The van der Waals surface area contributed by atoms with Gasteiger partial charge < -0.3 is 14.8 Å². The van der Waals surface area contributed by atoms with Gasteiger partial charge in [-0.3, -0.25) is 9.59 Å². The van der Waals surface area contributed by atoms with Gasteiger partial charge in [-0.15, -0.1) is 0 Å². The number of benzene rings is 1. The number of carbonyl (C=O) groups is 2. The van der Waals surface area contributed by atoms with Crippen molar-refractivity contribution in [2.75, 3.05) is 19.6 Å². The number of aromatic nitrogens is 5. The Labute approximate surface area is 168 Å². The number of fused-ring (bicyclic) bond motifs is 1. The molecule has 1 saturated heterocycles.